The fourth-order valence-electron chi connectivity index (χ4n) is 6.16. The summed E-state index contributed by atoms with van der Waals surface area (Å²) in [6, 6.07) is 46.9. The number of ether oxygens (including phenoxy) is 3. The van der Waals surface area contributed by atoms with Crippen LogP contribution in [0.25, 0.3) is 21.5 Å². The lowest BCUT2D eigenvalue weighted by Gasteiger charge is -2.25. The third-order valence-electron chi connectivity index (χ3n) is 8.55. The topological polar surface area (TPSA) is 68.2 Å². The molecule has 232 valence electrons. The maximum absolute atomic E-state index is 11.7. The van der Waals surface area contributed by atoms with E-state index in [2.05, 4.69) is 0 Å². The average molecular weight is 619 g/mol. The van der Waals surface area contributed by atoms with E-state index in [4.69, 9.17) is 14.2 Å². The summed E-state index contributed by atoms with van der Waals surface area (Å²) in [5.74, 6) is 1.76. The molecule has 7 aromatic carbocycles. The molecule has 7 rings (SSSR count). The summed E-state index contributed by atoms with van der Waals surface area (Å²) < 4.78 is 17.9. The number of hydrogen-bond donors (Lipinski definition) is 2. The molecular weight excluding hydrogens is 584 g/mol. The molecule has 5 nitrogen and oxygen atoms in total. The van der Waals surface area contributed by atoms with Gasteiger partial charge in [-0.1, -0.05) is 97.1 Å². The van der Waals surface area contributed by atoms with E-state index < -0.39 is 5.92 Å². The molecule has 0 unspecified atom stereocenters. The van der Waals surface area contributed by atoms with Crippen LogP contribution in [0.1, 0.15) is 33.7 Å². The Morgan fingerprint density at radius 3 is 1.36 bits per heavy atom. The van der Waals surface area contributed by atoms with Gasteiger partial charge in [0.25, 0.3) is 0 Å². The fourth-order valence-corrected chi connectivity index (χ4v) is 6.16. The summed E-state index contributed by atoms with van der Waals surface area (Å²) in [4.78, 5) is 0. The molecule has 5 heteroatoms. The average Bonchev–Trinajstić information content (AvgIpc) is 3.12. The van der Waals surface area contributed by atoms with E-state index in [1.807, 2.05) is 133 Å². The van der Waals surface area contributed by atoms with Gasteiger partial charge in [0, 0.05) is 17.0 Å². The second kappa shape index (κ2) is 13.2. The Morgan fingerprint density at radius 2 is 0.915 bits per heavy atom. The van der Waals surface area contributed by atoms with Gasteiger partial charge in [-0.05, 0) is 86.8 Å². The van der Waals surface area contributed by atoms with Gasteiger partial charge < -0.3 is 24.4 Å². The minimum atomic E-state index is -0.554. The van der Waals surface area contributed by atoms with Crippen molar-refractivity contribution >= 4 is 21.5 Å². The third-order valence-corrected chi connectivity index (χ3v) is 8.55. The molecule has 2 N–H and O–H groups in total. The lowest BCUT2D eigenvalue weighted by atomic mass is 9.79. The van der Waals surface area contributed by atoms with E-state index in [1.165, 1.54) is 0 Å². The Morgan fingerprint density at radius 1 is 0.489 bits per heavy atom. The molecule has 0 radical (unpaired) electrons. The van der Waals surface area contributed by atoms with Crippen LogP contribution in [0.4, 0.5) is 0 Å². The van der Waals surface area contributed by atoms with Crippen LogP contribution in [0.3, 0.4) is 0 Å². The Bertz CT molecular complexity index is 2010. The SMILES string of the molecule is COc1ccc(C(c2c(O)ccc3ccc(OCc4ccccc4)cc23)c2c(O)ccc3ccc(OCc4ccccc4)cc23)cc1. The van der Waals surface area contributed by atoms with Crippen LogP contribution >= 0.6 is 0 Å². The first-order chi connectivity index (χ1) is 23.1. The van der Waals surface area contributed by atoms with Crippen LogP contribution in [-0.2, 0) is 13.2 Å². The van der Waals surface area contributed by atoms with Crippen LogP contribution < -0.4 is 14.2 Å². The first-order valence-electron chi connectivity index (χ1n) is 15.6. The van der Waals surface area contributed by atoms with Crippen LogP contribution in [-0.4, -0.2) is 17.3 Å². The maximum Gasteiger partial charge on any atom is 0.120 e. The zero-order valence-corrected chi connectivity index (χ0v) is 26.0. The third kappa shape index (κ3) is 6.29. The number of benzene rings is 7. The van der Waals surface area contributed by atoms with Crippen molar-refractivity contribution in [3.05, 3.63) is 173 Å². The summed E-state index contributed by atoms with van der Waals surface area (Å²) in [5, 5.41) is 26.8. The Balaban J connectivity index is 1.39. The number of phenolic OH excluding ortho intramolecular Hbond substituents is 2. The zero-order chi connectivity index (χ0) is 32.2. The van der Waals surface area contributed by atoms with E-state index in [-0.39, 0.29) is 11.5 Å². The van der Waals surface area contributed by atoms with Crippen LogP contribution in [0.2, 0.25) is 0 Å². The molecule has 0 saturated heterocycles. The normalized spacial score (nSPS) is 11.2. The Hall–Kier alpha value is -5.94. The molecule has 0 aliphatic carbocycles. The number of hydrogen-bond acceptors (Lipinski definition) is 5. The van der Waals surface area contributed by atoms with Gasteiger partial charge in [0.15, 0.2) is 0 Å². The lowest BCUT2D eigenvalue weighted by molar-refractivity contribution is 0.306. The summed E-state index contributed by atoms with van der Waals surface area (Å²) in [5.41, 5.74) is 4.33. The van der Waals surface area contributed by atoms with Gasteiger partial charge in [0.1, 0.15) is 42.0 Å². The number of phenols is 2. The summed E-state index contributed by atoms with van der Waals surface area (Å²) >= 11 is 0. The maximum atomic E-state index is 11.7. The first-order valence-corrected chi connectivity index (χ1v) is 15.6. The van der Waals surface area contributed by atoms with Crippen LogP contribution in [0.5, 0.6) is 28.7 Å². The fraction of sp³-hybridized carbons (Fsp3) is 0.0952. The lowest BCUT2D eigenvalue weighted by Crippen LogP contribution is -2.07. The molecule has 0 saturated carbocycles. The molecule has 0 spiro atoms. The highest BCUT2D eigenvalue weighted by Gasteiger charge is 2.27. The summed E-state index contributed by atoms with van der Waals surface area (Å²) in [6.07, 6.45) is 0. The monoisotopic (exact) mass is 618 g/mol. The highest BCUT2D eigenvalue weighted by atomic mass is 16.5. The van der Waals surface area contributed by atoms with Crippen molar-refractivity contribution in [1.29, 1.82) is 0 Å². The second-order valence-electron chi connectivity index (χ2n) is 11.5. The van der Waals surface area contributed by atoms with E-state index in [0.717, 1.165) is 38.2 Å². The predicted octanol–water partition coefficient (Wildman–Crippen LogP) is 9.75. The van der Waals surface area contributed by atoms with Crippen molar-refractivity contribution < 1.29 is 24.4 Å². The molecule has 47 heavy (non-hydrogen) atoms. The highest BCUT2D eigenvalue weighted by Crippen LogP contribution is 2.47. The van der Waals surface area contributed by atoms with Crippen molar-refractivity contribution in [3.8, 4) is 28.7 Å². The van der Waals surface area contributed by atoms with E-state index in [1.54, 1.807) is 19.2 Å². The van der Waals surface area contributed by atoms with Gasteiger partial charge >= 0.3 is 0 Å². The highest BCUT2D eigenvalue weighted by molar-refractivity contribution is 5.94. The number of aromatic hydroxyl groups is 2. The van der Waals surface area contributed by atoms with Gasteiger partial charge in [-0.2, -0.15) is 0 Å². The molecule has 0 bridgehead atoms. The Labute approximate surface area is 273 Å². The van der Waals surface area contributed by atoms with Crippen molar-refractivity contribution in [2.45, 2.75) is 19.1 Å². The van der Waals surface area contributed by atoms with Crippen LogP contribution in [0, 0.1) is 0 Å². The van der Waals surface area contributed by atoms with E-state index in [0.29, 0.717) is 41.6 Å². The molecule has 0 heterocycles. The van der Waals surface area contributed by atoms with Gasteiger partial charge in [-0.15, -0.1) is 0 Å². The molecular formula is C42H34O5. The minimum absolute atomic E-state index is 0.117. The number of rotatable bonds is 10. The second-order valence-corrected chi connectivity index (χ2v) is 11.5. The largest absolute Gasteiger partial charge is 0.508 e. The number of methoxy groups -OCH3 is 1. The van der Waals surface area contributed by atoms with E-state index >= 15 is 0 Å². The van der Waals surface area contributed by atoms with Crippen molar-refractivity contribution in [2.75, 3.05) is 7.11 Å². The first kappa shape index (κ1) is 29.8. The summed E-state index contributed by atoms with van der Waals surface area (Å²) in [6.45, 7) is 0.830. The standard InChI is InChI=1S/C42H34O5/c1-45-33-18-14-32(15-19-33)40(41-36-24-34(20-12-30(36)16-22-38(41)43)46-26-28-8-4-2-5-9-28)42-37-25-35(21-13-31(37)17-23-39(42)44)47-27-29-10-6-3-7-11-29/h2-25,40,43-44H,26-27H2,1H3. The molecule has 0 aromatic heterocycles. The predicted molar refractivity (Wildman–Crippen MR) is 187 cm³/mol. The molecule has 0 aliphatic heterocycles. The van der Waals surface area contributed by atoms with Crippen molar-refractivity contribution in [2.24, 2.45) is 0 Å². The molecule has 0 atom stereocenters. The van der Waals surface area contributed by atoms with Crippen molar-refractivity contribution in [3.63, 3.8) is 0 Å². The van der Waals surface area contributed by atoms with Crippen molar-refractivity contribution in [1.82, 2.24) is 0 Å². The molecule has 0 fully saturated rings. The van der Waals surface area contributed by atoms with Crippen LogP contribution in [0.15, 0.2) is 146 Å². The van der Waals surface area contributed by atoms with Gasteiger partial charge in [-0.3, -0.25) is 0 Å². The molecule has 7 aromatic rings. The van der Waals surface area contributed by atoms with Gasteiger partial charge in [0.2, 0.25) is 0 Å². The molecule has 0 amide bonds. The zero-order valence-electron chi connectivity index (χ0n) is 26.0. The smallest absolute Gasteiger partial charge is 0.120 e. The Kier molecular flexibility index (Phi) is 8.35. The van der Waals surface area contributed by atoms with E-state index in [9.17, 15) is 10.2 Å². The minimum Gasteiger partial charge on any atom is -0.508 e. The quantitative estimate of drug-likeness (QED) is 0.149. The van der Waals surface area contributed by atoms with Gasteiger partial charge in [0.05, 0.1) is 7.11 Å². The summed E-state index contributed by atoms with van der Waals surface area (Å²) in [7, 11) is 1.63. The number of fused-ring (bicyclic) bond motifs is 2. The van der Waals surface area contributed by atoms with Gasteiger partial charge in [-0.25, -0.2) is 0 Å². The molecule has 0 aliphatic rings.